The van der Waals surface area contributed by atoms with E-state index in [9.17, 15) is 0 Å². The van der Waals surface area contributed by atoms with Crippen LogP contribution in [0.2, 0.25) is 0 Å². The maximum Gasteiger partial charge on any atom is 0.0767 e. The summed E-state index contributed by atoms with van der Waals surface area (Å²) in [5, 5.41) is 4.63. The largest absolute Gasteiger partial charge is 0.326 e. The number of hydrogen-bond acceptors (Lipinski definition) is 3. The van der Waals surface area contributed by atoms with E-state index < -0.39 is 0 Å². The van der Waals surface area contributed by atoms with Gasteiger partial charge in [-0.3, -0.25) is 4.68 Å². The number of halogens is 1. The van der Waals surface area contributed by atoms with Crippen LogP contribution in [0.25, 0.3) is 0 Å². The Morgan fingerprint density at radius 2 is 2.15 bits per heavy atom. The van der Waals surface area contributed by atoms with Gasteiger partial charge in [-0.05, 0) is 47.0 Å². The van der Waals surface area contributed by atoms with Crippen molar-refractivity contribution in [3.63, 3.8) is 0 Å². The number of hydrogen-bond donors (Lipinski definition) is 1. The van der Waals surface area contributed by atoms with Gasteiger partial charge in [-0.2, -0.15) is 5.10 Å². The third-order valence-electron chi connectivity index (χ3n) is 3.20. The molecule has 0 unspecified atom stereocenters. The van der Waals surface area contributed by atoms with E-state index in [1.165, 1.54) is 16.2 Å². The molecule has 0 atom stereocenters. The summed E-state index contributed by atoms with van der Waals surface area (Å²) in [4.78, 5) is 1.25. The van der Waals surface area contributed by atoms with Gasteiger partial charge in [0, 0.05) is 23.7 Å². The zero-order valence-corrected chi connectivity index (χ0v) is 14.3. The van der Waals surface area contributed by atoms with Gasteiger partial charge in [0.2, 0.25) is 0 Å². The Balaban J connectivity index is 2.15. The number of aromatic nitrogens is 2. The van der Waals surface area contributed by atoms with E-state index in [4.69, 9.17) is 5.73 Å². The number of nitrogens with two attached hydrogens (primary N) is 1. The summed E-state index contributed by atoms with van der Waals surface area (Å²) >= 11 is 5.51. The van der Waals surface area contributed by atoms with Crippen molar-refractivity contribution < 1.29 is 0 Å². The van der Waals surface area contributed by atoms with Crippen LogP contribution in [-0.2, 0) is 25.3 Å². The molecule has 0 bridgehead atoms. The molecule has 5 heteroatoms. The fourth-order valence-corrected chi connectivity index (χ4v) is 3.97. The van der Waals surface area contributed by atoms with Gasteiger partial charge in [-0.25, -0.2) is 0 Å². The number of rotatable bonds is 6. The minimum atomic E-state index is 0.588. The van der Waals surface area contributed by atoms with Gasteiger partial charge in [0.1, 0.15) is 0 Å². The van der Waals surface area contributed by atoms with Crippen LogP contribution in [-0.4, -0.2) is 9.78 Å². The molecular formula is C15H20BrN3S. The van der Waals surface area contributed by atoms with Crippen molar-refractivity contribution in [3.05, 3.63) is 45.7 Å². The van der Waals surface area contributed by atoms with Crippen LogP contribution >= 0.6 is 27.7 Å². The maximum absolute atomic E-state index is 5.69. The lowest BCUT2D eigenvalue weighted by Crippen LogP contribution is -2.02. The van der Waals surface area contributed by atoms with Crippen molar-refractivity contribution in [2.24, 2.45) is 5.73 Å². The van der Waals surface area contributed by atoms with Gasteiger partial charge in [-0.1, -0.05) is 19.1 Å². The average Bonchev–Trinajstić information content (AvgIpc) is 2.81. The van der Waals surface area contributed by atoms with E-state index in [0.29, 0.717) is 6.54 Å². The molecule has 1 aromatic carbocycles. The van der Waals surface area contributed by atoms with Crippen LogP contribution in [0.4, 0.5) is 0 Å². The van der Waals surface area contributed by atoms with E-state index >= 15 is 0 Å². The molecular weight excluding hydrogens is 334 g/mol. The highest BCUT2D eigenvalue weighted by Crippen LogP contribution is 2.29. The third kappa shape index (κ3) is 3.45. The predicted molar refractivity (Wildman–Crippen MR) is 88.9 cm³/mol. The smallest absolute Gasteiger partial charge is 0.0767 e. The first kappa shape index (κ1) is 15.6. The van der Waals surface area contributed by atoms with Crippen molar-refractivity contribution in [3.8, 4) is 0 Å². The molecule has 0 amide bonds. The lowest BCUT2D eigenvalue weighted by molar-refractivity contribution is 0.627. The van der Waals surface area contributed by atoms with Crippen LogP contribution in [0.1, 0.15) is 30.8 Å². The highest BCUT2D eigenvalue weighted by molar-refractivity contribution is 9.10. The predicted octanol–water partition coefficient (Wildman–Crippen LogP) is 3.98. The van der Waals surface area contributed by atoms with E-state index in [1.54, 1.807) is 0 Å². The van der Waals surface area contributed by atoms with E-state index in [0.717, 1.165) is 28.9 Å². The lowest BCUT2D eigenvalue weighted by Gasteiger charge is -2.06. The molecule has 0 aliphatic heterocycles. The molecule has 2 N–H and O–H groups in total. The normalized spacial score (nSPS) is 11.0. The second-order valence-electron chi connectivity index (χ2n) is 4.52. The Kier molecular flexibility index (Phi) is 5.69. The van der Waals surface area contributed by atoms with E-state index in [2.05, 4.69) is 63.8 Å². The standard InChI is InChI=1S/C15H20BrN3S/c1-3-13-15(16)14(19(4-2)18-13)10-20-12-7-5-6-11(8-12)9-17/h5-8H,3-4,9-10,17H2,1-2H3. The second-order valence-corrected chi connectivity index (χ2v) is 6.36. The lowest BCUT2D eigenvalue weighted by atomic mass is 10.2. The summed E-state index contributed by atoms with van der Waals surface area (Å²) in [7, 11) is 0. The van der Waals surface area contributed by atoms with Crippen LogP contribution in [0, 0.1) is 0 Å². The molecule has 0 spiro atoms. The molecule has 2 aromatic rings. The van der Waals surface area contributed by atoms with Crippen LogP contribution in [0.3, 0.4) is 0 Å². The van der Waals surface area contributed by atoms with Gasteiger partial charge in [-0.15, -0.1) is 11.8 Å². The minimum absolute atomic E-state index is 0.588. The second kappa shape index (κ2) is 7.29. The molecule has 20 heavy (non-hydrogen) atoms. The topological polar surface area (TPSA) is 43.8 Å². The molecule has 1 aromatic heterocycles. The zero-order valence-electron chi connectivity index (χ0n) is 11.9. The molecule has 2 rings (SSSR count). The van der Waals surface area contributed by atoms with Crippen LogP contribution in [0.15, 0.2) is 33.6 Å². The Labute approximate surface area is 133 Å². The number of benzene rings is 1. The Morgan fingerprint density at radius 1 is 1.35 bits per heavy atom. The number of thioether (sulfide) groups is 1. The van der Waals surface area contributed by atoms with E-state index in [-0.39, 0.29) is 0 Å². The fraction of sp³-hybridized carbons (Fsp3) is 0.400. The first-order valence-corrected chi connectivity index (χ1v) is 8.63. The van der Waals surface area contributed by atoms with Crippen molar-refractivity contribution in [2.75, 3.05) is 0 Å². The SMILES string of the molecule is CCc1nn(CC)c(CSc2cccc(CN)c2)c1Br. The van der Waals surface area contributed by atoms with Gasteiger partial charge >= 0.3 is 0 Å². The Bertz CT molecular complexity index is 580. The van der Waals surface area contributed by atoms with Crippen LogP contribution < -0.4 is 5.73 Å². The molecule has 0 saturated heterocycles. The van der Waals surface area contributed by atoms with Crippen molar-refractivity contribution in [2.45, 2.75) is 44.0 Å². The molecule has 108 valence electrons. The quantitative estimate of drug-likeness (QED) is 0.798. The van der Waals surface area contributed by atoms with Crippen molar-refractivity contribution in [1.29, 1.82) is 0 Å². The summed E-state index contributed by atoms with van der Waals surface area (Å²) in [5.41, 5.74) is 9.25. The molecule has 3 nitrogen and oxygen atoms in total. The summed E-state index contributed by atoms with van der Waals surface area (Å²) in [6.07, 6.45) is 0.952. The van der Waals surface area contributed by atoms with Crippen molar-refractivity contribution >= 4 is 27.7 Å². The molecule has 0 aliphatic carbocycles. The van der Waals surface area contributed by atoms with Gasteiger partial charge < -0.3 is 5.73 Å². The molecule has 0 fully saturated rings. The first-order valence-electron chi connectivity index (χ1n) is 6.85. The summed E-state index contributed by atoms with van der Waals surface area (Å²) < 4.78 is 3.24. The van der Waals surface area contributed by atoms with Crippen LogP contribution in [0.5, 0.6) is 0 Å². The monoisotopic (exact) mass is 353 g/mol. The van der Waals surface area contributed by atoms with Gasteiger partial charge in [0.05, 0.1) is 15.9 Å². The molecule has 1 heterocycles. The Morgan fingerprint density at radius 3 is 2.80 bits per heavy atom. The number of aryl methyl sites for hydroxylation is 2. The molecule has 0 aliphatic rings. The molecule has 0 radical (unpaired) electrons. The Hall–Kier alpha value is -0.780. The van der Waals surface area contributed by atoms with Gasteiger partial charge in [0.25, 0.3) is 0 Å². The van der Waals surface area contributed by atoms with Crippen molar-refractivity contribution in [1.82, 2.24) is 9.78 Å². The minimum Gasteiger partial charge on any atom is -0.326 e. The average molecular weight is 354 g/mol. The summed E-state index contributed by atoms with van der Waals surface area (Å²) in [6.45, 7) is 5.75. The zero-order chi connectivity index (χ0) is 14.5. The highest BCUT2D eigenvalue weighted by atomic mass is 79.9. The van der Waals surface area contributed by atoms with Gasteiger partial charge in [0.15, 0.2) is 0 Å². The number of nitrogens with zero attached hydrogens (tertiary/aromatic N) is 2. The summed E-state index contributed by atoms with van der Waals surface area (Å²) in [6, 6.07) is 8.41. The maximum atomic E-state index is 5.69. The summed E-state index contributed by atoms with van der Waals surface area (Å²) in [5.74, 6) is 0.912. The highest BCUT2D eigenvalue weighted by Gasteiger charge is 2.13. The first-order chi connectivity index (χ1) is 9.69. The third-order valence-corrected chi connectivity index (χ3v) is 5.12. The fourth-order valence-electron chi connectivity index (χ4n) is 2.07. The molecule has 0 saturated carbocycles. The van der Waals surface area contributed by atoms with E-state index in [1.807, 2.05) is 11.8 Å².